The lowest BCUT2D eigenvalue weighted by atomic mass is 10.0. The number of hydrogen-bond acceptors (Lipinski definition) is 5. The number of nitrogens with zero attached hydrogens (tertiary/aromatic N) is 1. The molecule has 382 valence electrons. The Morgan fingerprint density at radius 1 is 0.516 bits per heavy atom. The molecule has 64 heavy (non-hydrogen) atoms. The Morgan fingerprint density at radius 3 is 1.14 bits per heavy atom. The van der Waals surface area contributed by atoms with Crippen molar-refractivity contribution in [2.45, 2.75) is 296 Å². The highest BCUT2D eigenvalue weighted by Gasteiger charge is 2.27. The van der Waals surface area contributed by atoms with Crippen LogP contribution in [0.1, 0.15) is 284 Å². The number of unbranched alkanes of at least 4 members (excludes halogenated alkanes) is 39. The van der Waals surface area contributed by atoms with Gasteiger partial charge >= 0.3 is 7.82 Å². The summed E-state index contributed by atoms with van der Waals surface area (Å²) in [5.41, 5.74) is 0. The average Bonchev–Trinajstić information content (AvgIpc) is 3.25. The van der Waals surface area contributed by atoms with Crippen LogP contribution in [0.2, 0.25) is 0 Å². The summed E-state index contributed by atoms with van der Waals surface area (Å²) in [6.45, 7) is 4.69. The molecule has 0 radical (unpaired) electrons. The summed E-state index contributed by atoms with van der Waals surface area (Å²) in [7, 11) is 1.58. The van der Waals surface area contributed by atoms with E-state index in [2.05, 4.69) is 19.2 Å². The summed E-state index contributed by atoms with van der Waals surface area (Å²) >= 11 is 0. The van der Waals surface area contributed by atoms with Crippen molar-refractivity contribution >= 4 is 13.7 Å². The minimum atomic E-state index is -4.32. The quantitative estimate of drug-likeness (QED) is 0.0243. The Kier molecular flexibility index (Phi) is 46.8. The zero-order valence-electron chi connectivity index (χ0n) is 43.6. The van der Waals surface area contributed by atoms with Gasteiger partial charge in [0.15, 0.2) is 0 Å². The smallest absolute Gasteiger partial charge is 0.387 e. The first kappa shape index (κ1) is 63.2. The molecular formula is C55H112N2O6P+. The highest BCUT2D eigenvalue weighted by Crippen LogP contribution is 2.43. The third-order valence-electron chi connectivity index (χ3n) is 13.0. The molecule has 0 heterocycles. The van der Waals surface area contributed by atoms with Gasteiger partial charge in [0.25, 0.3) is 0 Å². The van der Waals surface area contributed by atoms with Gasteiger partial charge in [-0.3, -0.25) is 13.8 Å². The van der Waals surface area contributed by atoms with Crippen molar-refractivity contribution in [3.8, 4) is 0 Å². The SMILES string of the molecule is CCCC/C=C/C(O)C(COP(=O)(O)OCC[N+](C)(C)C)NC(=O)CCCCCCCCCCCCCCCCCCCCCCCCCCCCCCCCCCCCCCCC. The van der Waals surface area contributed by atoms with Crippen molar-refractivity contribution in [2.75, 3.05) is 40.9 Å². The zero-order chi connectivity index (χ0) is 47.1. The molecule has 1 amide bonds. The molecule has 9 heteroatoms. The Morgan fingerprint density at radius 2 is 0.828 bits per heavy atom. The van der Waals surface area contributed by atoms with E-state index in [1.165, 1.54) is 225 Å². The van der Waals surface area contributed by atoms with E-state index in [-0.39, 0.29) is 19.1 Å². The van der Waals surface area contributed by atoms with Gasteiger partial charge in [-0.15, -0.1) is 0 Å². The summed E-state index contributed by atoms with van der Waals surface area (Å²) in [5.74, 6) is -0.181. The zero-order valence-corrected chi connectivity index (χ0v) is 44.4. The maximum absolute atomic E-state index is 12.8. The monoisotopic (exact) mass is 928 g/mol. The van der Waals surface area contributed by atoms with Crippen LogP contribution in [0.25, 0.3) is 0 Å². The fourth-order valence-electron chi connectivity index (χ4n) is 8.56. The minimum Gasteiger partial charge on any atom is -0.387 e. The molecule has 0 aromatic carbocycles. The van der Waals surface area contributed by atoms with Crippen molar-refractivity contribution in [1.29, 1.82) is 0 Å². The molecule has 0 aliphatic rings. The maximum atomic E-state index is 12.8. The van der Waals surface area contributed by atoms with Gasteiger partial charge < -0.3 is 19.8 Å². The Balaban J connectivity index is 3.60. The van der Waals surface area contributed by atoms with E-state index >= 15 is 0 Å². The number of likely N-dealkylation sites (N-methyl/N-ethyl adjacent to an activating group) is 1. The molecular weight excluding hydrogens is 816 g/mol. The predicted molar refractivity (Wildman–Crippen MR) is 277 cm³/mol. The second-order valence-corrected chi connectivity index (χ2v) is 22.1. The highest BCUT2D eigenvalue weighted by molar-refractivity contribution is 7.47. The molecule has 0 aliphatic carbocycles. The highest BCUT2D eigenvalue weighted by atomic mass is 31.2. The summed E-state index contributed by atoms with van der Waals surface area (Å²) in [5, 5.41) is 13.6. The van der Waals surface area contributed by atoms with Crippen LogP contribution in [0.15, 0.2) is 12.2 Å². The van der Waals surface area contributed by atoms with Gasteiger partial charge in [-0.25, -0.2) is 4.57 Å². The molecule has 0 rings (SSSR count). The topological polar surface area (TPSA) is 105 Å². The van der Waals surface area contributed by atoms with Gasteiger partial charge in [0.2, 0.25) is 5.91 Å². The molecule has 8 nitrogen and oxygen atoms in total. The minimum absolute atomic E-state index is 0.0631. The molecule has 0 saturated heterocycles. The maximum Gasteiger partial charge on any atom is 0.472 e. The molecule has 0 bridgehead atoms. The van der Waals surface area contributed by atoms with E-state index < -0.39 is 20.0 Å². The molecule has 3 unspecified atom stereocenters. The lowest BCUT2D eigenvalue weighted by Crippen LogP contribution is -2.45. The number of carbonyl (C=O) groups is 1. The first-order valence-electron chi connectivity index (χ1n) is 28.1. The molecule has 0 spiro atoms. The van der Waals surface area contributed by atoms with Gasteiger partial charge in [-0.2, -0.15) is 0 Å². The first-order valence-corrected chi connectivity index (χ1v) is 29.6. The van der Waals surface area contributed by atoms with Crippen molar-refractivity contribution in [1.82, 2.24) is 5.32 Å². The number of allylic oxidation sites excluding steroid dienone is 1. The standard InChI is InChI=1S/C55H111N2O6P/c1-6-8-10-12-13-14-15-16-17-18-19-20-21-22-23-24-25-26-27-28-29-30-31-32-33-34-35-36-37-38-39-40-41-42-43-44-45-47-49-55(59)56-53(54(58)48-46-11-9-7-2)52-63-64(60,61)62-51-50-57(3,4)5/h46,48,53-54,58H,6-45,47,49-52H2,1-5H3,(H-,56,59,60,61)/p+1/b48-46+. The predicted octanol–water partition coefficient (Wildman–Crippen LogP) is 16.7. The molecule has 3 N–H and O–H groups in total. The normalized spacial score (nSPS) is 14.0. The van der Waals surface area contributed by atoms with Crippen LogP contribution < -0.4 is 5.32 Å². The van der Waals surface area contributed by atoms with Gasteiger partial charge in [-0.05, 0) is 12.8 Å². The number of carbonyl (C=O) groups excluding carboxylic acids is 1. The number of amides is 1. The van der Waals surface area contributed by atoms with Crippen molar-refractivity contribution in [3.63, 3.8) is 0 Å². The Labute approximate surface area is 399 Å². The van der Waals surface area contributed by atoms with E-state index in [0.29, 0.717) is 17.4 Å². The average molecular weight is 928 g/mol. The van der Waals surface area contributed by atoms with Gasteiger partial charge in [-0.1, -0.05) is 276 Å². The van der Waals surface area contributed by atoms with E-state index in [4.69, 9.17) is 9.05 Å². The van der Waals surface area contributed by atoms with Crippen LogP contribution in [0.5, 0.6) is 0 Å². The summed E-state index contributed by atoms with van der Waals surface area (Å²) in [6, 6.07) is -0.837. The number of rotatable bonds is 52. The number of phosphoric ester groups is 1. The number of phosphoric acid groups is 1. The van der Waals surface area contributed by atoms with Gasteiger partial charge in [0.05, 0.1) is 39.9 Å². The number of nitrogens with one attached hydrogen (secondary N) is 1. The fourth-order valence-corrected chi connectivity index (χ4v) is 9.30. The summed E-state index contributed by atoms with van der Waals surface area (Å²) < 4.78 is 23.3. The summed E-state index contributed by atoms with van der Waals surface area (Å²) in [4.78, 5) is 22.9. The van der Waals surface area contributed by atoms with E-state index in [0.717, 1.165) is 38.5 Å². The number of hydrogen-bond donors (Lipinski definition) is 3. The van der Waals surface area contributed by atoms with E-state index in [9.17, 15) is 19.4 Å². The number of aliphatic hydroxyl groups is 1. The Hall–Kier alpha value is -0.760. The Bertz CT molecular complexity index is 1050. The number of quaternary nitrogens is 1. The van der Waals surface area contributed by atoms with Crippen LogP contribution in [0.4, 0.5) is 0 Å². The van der Waals surface area contributed by atoms with E-state index in [1.807, 2.05) is 27.2 Å². The van der Waals surface area contributed by atoms with Crippen molar-refractivity contribution in [3.05, 3.63) is 12.2 Å². The van der Waals surface area contributed by atoms with Crippen LogP contribution in [0.3, 0.4) is 0 Å². The third kappa shape index (κ3) is 49.2. The lowest BCUT2D eigenvalue weighted by molar-refractivity contribution is -0.870. The largest absolute Gasteiger partial charge is 0.472 e. The second kappa shape index (κ2) is 47.3. The van der Waals surface area contributed by atoms with E-state index in [1.54, 1.807) is 6.08 Å². The summed E-state index contributed by atoms with van der Waals surface area (Å²) in [6.07, 6.45) is 58.5. The molecule has 3 atom stereocenters. The second-order valence-electron chi connectivity index (χ2n) is 20.7. The first-order chi connectivity index (χ1) is 31.0. The molecule has 0 fully saturated rings. The van der Waals surface area contributed by atoms with Crippen LogP contribution in [0, 0.1) is 0 Å². The van der Waals surface area contributed by atoms with Crippen molar-refractivity contribution < 1.29 is 32.9 Å². The molecule has 0 aromatic rings. The van der Waals surface area contributed by atoms with Crippen LogP contribution >= 0.6 is 7.82 Å². The van der Waals surface area contributed by atoms with Gasteiger partial charge in [0.1, 0.15) is 13.2 Å². The molecule has 0 aromatic heterocycles. The van der Waals surface area contributed by atoms with Gasteiger partial charge in [0, 0.05) is 6.42 Å². The lowest BCUT2D eigenvalue weighted by Gasteiger charge is -2.25. The van der Waals surface area contributed by atoms with Crippen LogP contribution in [-0.2, 0) is 18.4 Å². The molecule has 0 saturated carbocycles. The third-order valence-corrected chi connectivity index (χ3v) is 14.0. The van der Waals surface area contributed by atoms with Crippen molar-refractivity contribution in [2.24, 2.45) is 0 Å². The fraction of sp³-hybridized carbons (Fsp3) is 0.945. The number of aliphatic hydroxyl groups excluding tert-OH is 1. The van der Waals surface area contributed by atoms with Crippen LogP contribution in [-0.4, -0.2) is 73.4 Å². The molecule has 0 aliphatic heterocycles.